The molecule has 1 spiro atoms. The Bertz CT molecular complexity index is 719. The Morgan fingerprint density at radius 3 is 2.88 bits per heavy atom. The zero-order chi connectivity index (χ0) is 16.6. The van der Waals surface area contributed by atoms with Crippen molar-refractivity contribution in [3.05, 3.63) is 53.3 Å². The second-order valence-electron chi connectivity index (χ2n) is 7.16. The minimum Gasteiger partial charge on any atom is -0.376 e. The van der Waals surface area contributed by atoms with Crippen LogP contribution in [0.2, 0.25) is 0 Å². The number of hydrogen-bond donors (Lipinski definition) is 0. The van der Waals surface area contributed by atoms with E-state index >= 15 is 0 Å². The Morgan fingerprint density at radius 2 is 2.08 bits per heavy atom. The van der Waals surface area contributed by atoms with Gasteiger partial charge in [-0.2, -0.15) is 0 Å². The van der Waals surface area contributed by atoms with Crippen LogP contribution in [0.5, 0.6) is 0 Å². The van der Waals surface area contributed by atoms with E-state index in [1.165, 1.54) is 11.3 Å². The van der Waals surface area contributed by atoms with Crippen molar-refractivity contribution >= 4 is 5.95 Å². The summed E-state index contributed by atoms with van der Waals surface area (Å²) in [6.45, 7) is 4.46. The Labute approximate surface area is 143 Å². The molecule has 0 bridgehead atoms. The number of anilines is 1. The third-order valence-corrected chi connectivity index (χ3v) is 5.07. The average molecular weight is 324 g/mol. The third kappa shape index (κ3) is 2.78. The fraction of sp³-hybridized carbons (Fsp3) is 0.474. The minimum absolute atomic E-state index is 0.00998. The number of likely N-dealkylation sites (tertiary alicyclic amines) is 1. The van der Waals surface area contributed by atoms with Gasteiger partial charge < -0.3 is 9.64 Å². The topological polar surface area (TPSA) is 41.5 Å². The zero-order valence-corrected chi connectivity index (χ0v) is 14.4. The van der Waals surface area contributed by atoms with Crippen molar-refractivity contribution in [3.63, 3.8) is 0 Å². The maximum Gasteiger partial charge on any atom is 0.225 e. The smallest absolute Gasteiger partial charge is 0.225 e. The summed E-state index contributed by atoms with van der Waals surface area (Å²) in [5, 5.41) is 0. The largest absolute Gasteiger partial charge is 0.376 e. The maximum absolute atomic E-state index is 5.91. The molecule has 5 nitrogen and oxygen atoms in total. The van der Waals surface area contributed by atoms with Crippen molar-refractivity contribution in [2.45, 2.75) is 25.0 Å². The first-order chi connectivity index (χ1) is 11.7. The highest BCUT2D eigenvalue weighted by Crippen LogP contribution is 2.39. The maximum atomic E-state index is 5.91. The van der Waals surface area contributed by atoms with Gasteiger partial charge in [0.25, 0.3) is 0 Å². The van der Waals surface area contributed by atoms with E-state index in [0.717, 1.165) is 44.2 Å². The molecule has 0 unspecified atom stereocenters. The van der Waals surface area contributed by atoms with Crippen molar-refractivity contribution in [3.8, 4) is 0 Å². The second-order valence-corrected chi connectivity index (χ2v) is 7.16. The van der Waals surface area contributed by atoms with E-state index < -0.39 is 0 Å². The normalized spacial score (nSPS) is 23.4. The van der Waals surface area contributed by atoms with Crippen molar-refractivity contribution in [2.24, 2.45) is 0 Å². The molecule has 2 aromatic rings. The van der Waals surface area contributed by atoms with E-state index in [1.54, 1.807) is 0 Å². The highest BCUT2D eigenvalue weighted by Gasteiger charge is 2.44. The lowest BCUT2D eigenvalue weighted by atomic mass is 9.80. The van der Waals surface area contributed by atoms with Crippen LogP contribution in [0, 0.1) is 0 Å². The minimum atomic E-state index is 0.00998. The zero-order valence-electron chi connectivity index (χ0n) is 14.4. The predicted molar refractivity (Wildman–Crippen MR) is 94.0 cm³/mol. The summed E-state index contributed by atoms with van der Waals surface area (Å²) in [5.41, 5.74) is 3.72. The van der Waals surface area contributed by atoms with Crippen LogP contribution in [-0.4, -0.2) is 48.7 Å². The number of nitrogens with zero attached hydrogens (tertiary/aromatic N) is 4. The van der Waals surface area contributed by atoms with E-state index in [2.05, 4.69) is 40.2 Å². The number of fused-ring (bicyclic) bond motifs is 2. The number of benzene rings is 1. The Kier molecular flexibility index (Phi) is 3.98. The van der Waals surface area contributed by atoms with Crippen molar-refractivity contribution in [2.75, 3.05) is 38.7 Å². The van der Waals surface area contributed by atoms with Gasteiger partial charge in [-0.15, -0.1) is 0 Å². The van der Waals surface area contributed by atoms with Crippen molar-refractivity contribution in [1.82, 2.24) is 14.9 Å². The number of aromatic nitrogens is 2. The third-order valence-electron chi connectivity index (χ3n) is 5.07. The van der Waals surface area contributed by atoms with Gasteiger partial charge in [-0.1, -0.05) is 30.3 Å². The fourth-order valence-corrected chi connectivity index (χ4v) is 3.85. The molecule has 5 heteroatoms. The second kappa shape index (κ2) is 6.15. The van der Waals surface area contributed by atoms with E-state index in [1.807, 2.05) is 25.2 Å². The molecule has 3 heterocycles. The molecule has 0 aliphatic carbocycles. The molecule has 0 radical (unpaired) electrons. The Hall–Kier alpha value is -1.98. The number of ether oxygens (including phenoxy) is 1. The molecule has 2 aliphatic rings. The quantitative estimate of drug-likeness (QED) is 0.866. The summed E-state index contributed by atoms with van der Waals surface area (Å²) in [7, 11) is 3.98. The summed E-state index contributed by atoms with van der Waals surface area (Å²) >= 11 is 0. The van der Waals surface area contributed by atoms with Gasteiger partial charge in [-0.25, -0.2) is 9.97 Å². The van der Waals surface area contributed by atoms with Gasteiger partial charge >= 0.3 is 0 Å². The van der Waals surface area contributed by atoms with Gasteiger partial charge in [0.2, 0.25) is 5.95 Å². The highest BCUT2D eigenvalue weighted by molar-refractivity contribution is 5.37. The van der Waals surface area contributed by atoms with Gasteiger partial charge in [-0.3, -0.25) is 4.90 Å². The van der Waals surface area contributed by atoms with Crippen LogP contribution in [0.15, 0.2) is 36.5 Å². The lowest BCUT2D eigenvalue weighted by molar-refractivity contribution is 0.0503. The summed E-state index contributed by atoms with van der Waals surface area (Å²) in [4.78, 5) is 13.8. The molecule has 2 aliphatic heterocycles. The number of rotatable bonds is 3. The first kappa shape index (κ1) is 15.5. The van der Waals surface area contributed by atoms with Gasteiger partial charge in [0.05, 0.1) is 24.3 Å². The first-order valence-electron chi connectivity index (χ1n) is 8.54. The van der Waals surface area contributed by atoms with E-state index in [-0.39, 0.29) is 5.41 Å². The molecule has 1 aromatic heterocycles. The molecule has 1 fully saturated rings. The van der Waals surface area contributed by atoms with Crippen LogP contribution in [0.4, 0.5) is 5.95 Å². The summed E-state index contributed by atoms with van der Waals surface area (Å²) in [6, 6.07) is 10.7. The average Bonchev–Trinajstić information content (AvgIpc) is 2.99. The fourth-order valence-electron chi connectivity index (χ4n) is 3.85. The molecule has 1 saturated heterocycles. The molecule has 1 atom stereocenters. The van der Waals surface area contributed by atoms with Crippen molar-refractivity contribution in [1.29, 1.82) is 0 Å². The summed E-state index contributed by atoms with van der Waals surface area (Å²) in [6.07, 6.45) is 3.04. The molecule has 1 aromatic carbocycles. The van der Waals surface area contributed by atoms with E-state index in [9.17, 15) is 0 Å². The molecule has 0 amide bonds. The standard InChI is InChI=1S/C19H24N4O/c1-22(2)18-20-10-16-12-24-14-19(17(16)21-18)8-9-23(13-19)11-15-6-4-3-5-7-15/h3-7,10H,8-9,11-14H2,1-2H3/t19-/m1/s1. The molecule has 126 valence electrons. The van der Waals surface area contributed by atoms with Gasteiger partial charge in [-0.05, 0) is 18.5 Å². The Balaban J connectivity index is 1.60. The van der Waals surface area contributed by atoms with E-state index in [4.69, 9.17) is 9.72 Å². The van der Waals surface area contributed by atoms with Crippen LogP contribution >= 0.6 is 0 Å². The lowest BCUT2D eigenvalue weighted by Crippen LogP contribution is -2.40. The van der Waals surface area contributed by atoms with Gasteiger partial charge in [0.1, 0.15) is 0 Å². The summed E-state index contributed by atoms with van der Waals surface area (Å²) in [5.74, 6) is 0.788. The van der Waals surface area contributed by atoms with Crippen LogP contribution < -0.4 is 4.90 Å². The molecule has 4 rings (SSSR count). The SMILES string of the molecule is CN(C)c1ncc2c(n1)[C@@]1(CCN(Cc3ccccc3)C1)COC2. The monoisotopic (exact) mass is 324 g/mol. The van der Waals surface area contributed by atoms with Crippen LogP contribution in [0.25, 0.3) is 0 Å². The lowest BCUT2D eigenvalue weighted by Gasteiger charge is -2.34. The van der Waals surface area contributed by atoms with Crippen molar-refractivity contribution < 1.29 is 4.74 Å². The molecule has 0 saturated carbocycles. The van der Waals surface area contributed by atoms with E-state index in [0.29, 0.717) is 6.61 Å². The summed E-state index contributed by atoms with van der Waals surface area (Å²) < 4.78 is 5.91. The van der Waals surface area contributed by atoms with Gasteiger partial charge in [0, 0.05) is 38.9 Å². The first-order valence-corrected chi connectivity index (χ1v) is 8.54. The van der Waals surface area contributed by atoms with Gasteiger partial charge in [0.15, 0.2) is 0 Å². The molecule has 24 heavy (non-hydrogen) atoms. The number of hydrogen-bond acceptors (Lipinski definition) is 5. The van der Waals surface area contributed by atoms with Crippen LogP contribution in [0.3, 0.4) is 0 Å². The Morgan fingerprint density at radius 1 is 1.25 bits per heavy atom. The highest BCUT2D eigenvalue weighted by atomic mass is 16.5. The molecule has 0 N–H and O–H groups in total. The van der Waals surface area contributed by atoms with Crippen LogP contribution in [-0.2, 0) is 23.3 Å². The molecular formula is C19H24N4O. The van der Waals surface area contributed by atoms with Crippen LogP contribution in [0.1, 0.15) is 23.2 Å². The predicted octanol–water partition coefficient (Wildman–Crippen LogP) is 2.22. The molecular weight excluding hydrogens is 300 g/mol.